The number of amides is 2. The molecule has 1 heterocycles. The van der Waals surface area contributed by atoms with Crippen molar-refractivity contribution in [2.45, 2.75) is 18.6 Å². The molecule has 2 aromatic carbocycles. The molecule has 2 aromatic rings. The van der Waals surface area contributed by atoms with Crippen LogP contribution in [0.1, 0.15) is 11.1 Å². The molecule has 0 spiro atoms. The largest absolute Gasteiger partial charge is 0.388 e. The quantitative estimate of drug-likeness (QED) is 0.907. The number of anilines is 1. The molecule has 0 saturated carbocycles. The average molecular weight is 326 g/mol. The summed E-state index contributed by atoms with van der Waals surface area (Å²) in [4.78, 5) is 14.0. The van der Waals surface area contributed by atoms with E-state index in [1.54, 1.807) is 7.05 Å². The van der Waals surface area contributed by atoms with Gasteiger partial charge in [0.15, 0.2) is 0 Å². The van der Waals surface area contributed by atoms with Gasteiger partial charge in [0.1, 0.15) is 0 Å². The number of likely N-dealkylation sites (N-methyl/N-ethyl adjacent to an activating group) is 1. The molecular formula is C19H22N2O3. The number of nitrogens with zero attached hydrogens (tertiary/aromatic N) is 1. The van der Waals surface area contributed by atoms with Gasteiger partial charge in [-0.2, -0.15) is 0 Å². The van der Waals surface area contributed by atoms with Crippen molar-refractivity contribution in [1.29, 1.82) is 0 Å². The topological polar surface area (TPSA) is 61.8 Å². The van der Waals surface area contributed by atoms with Crippen LogP contribution in [-0.4, -0.2) is 48.4 Å². The zero-order valence-corrected chi connectivity index (χ0v) is 13.7. The summed E-state index contributed by atoms with van der Waals surface area (Å²) in [7, 11) is 1.68. The molecule has 0 aromatic heterocycles. The van der Waals surface area contributed by atoms with Gasteiger partial charge in [-0.25, -0.2) is 4.79 Å². The van der Waals surface area contributed by atoms with Gasteiger partial charge in [-0.3, -0.25) is 0 Å². The lowest BCUT2D eigenvalue weighted by Crippen LogP contribution is -2.46. The van der Waals surface area contributed by atoms with Crippen molar-refractivity contribution in [3.05, 3.63) is 65.7 Å². The van der Waals surface area contributed by atoms with E-state index < -0.39 is 6.10 Å². The van der Waals surface area contributed by atoms with E-state index in [0.717, 1.165) is 17.7 Å². The zero-order chi connectivity index (χ0) is 16.9. The maximum absolute atomic E-state index is 12.5. The zero-order valence-electron chi connectivity index (χ0n) is 13.7. The minimum Gasteiger partial charge on any atom is -0.388 e. The number of ether oxygens (including phenoxy) is 1. The Morgan fingerprint density at radius 3 is 2.58 bits per heavy atom. The summed E-state index contributed by atoms with van der Waals surface area (Å²) >= 11 is 0. The molecule has 3 rings (SSSR count). The van der Waals surface area contributed by atoms with Gasteiger partial charge < -0.3 is 20.1 Å². The van der Waals surface area contributed by atoms with Crippen molar-refractivity contribution in [3.8, 4) is 0 Å². The van der Waals surface area contributed by atoms with E-state index in [1.165, 1.54) is 10.5 Å². The van der Waals surface area contributed by atoms with Crippen LogP contribution in [0, 0.1) is 0 Å². The minimum atomic E-state index is -0.639. The maximum atomic E-state index is 12.5. The summed E-state index contributed by atoms with van der Waals surface area (Å²) in [6, 6.07) is 17.3. The Morgan fingerprint density at radius 1 is 1.17 bits per heavy atom. The number of urea groups is 1. The lowest BCUT2D eigenvalue weighted by Gasteiger charge is -2.26. The van der Waals surface area contributed by atoms with Crippen LogP contribution in [0.25, 0.3) is 0 Å². The van der Waals surface area contributed by atoms with Gasteiger partial charge in [0.05, 0.1) is 25.4 Å². The Labute approximate surface area is 141 Å². The summed E-state index contributed by atoms with van der Waals surface area (Å²) in [5, 5.41) is 12.8. The second kappa shape index (κ2) is 7.47. The summed E-state index contributed by atoms with van der Waals surface area (Å²) in [6.07, 6.45) is 0.108. The number of hydrogen-bond acceptors (Lipinski definition) is 3. The standard InChI is InChI=1S/C19H22N2O3/c1-21(17-12-24-13-18(17)22)19(23)20-16-10-6-5-9-15(16)11-14-7-3-2-4-8-14/h2-10,17-18,22H,11-13H2,1H3,(H,20,23)/t17-,18-/m1/s1. The van der Waals surface area contributed by atoms with Crippen LogP contribution in [0.5, 0.6) is 0 Å². The average Bonchev–Trinajstić information content (AvgIpc) is 3.03. The van der Waals surface area contributed by atoms with E-state index in [4.69, 9.17) is 4.74 Å². The smallest absolute Gasteiger partial charge is 0.322 e. The van der Waals surface area contributed by atoms with E-state index in [2.05, 4.69) is 17.4 Å². The molecule has 1 aliphatic rings. The molecule has 126 valence electrons. The van der Waals surface area contributed by atoms with Crippen molar-refractivity contribution < 1.29 is 14.6 Å². The Morgan fingerprint density at radius 2 is 1.88 bits per heavy atom. The van der Waals surface area contributed by atoms with Crippen LogP contribution < -0.4 is 5.32 Å². The molecule has 5 heteroatoms. The highest BCUT2D eigenvalue weighted by molar-refractivity contribution is 5.90. The predicted octanol–water partition coefficient (Wildman–Crippen LogP) is 2.50. The lowest BCUT2D eigenvalue weighted by atomic mass is 10.0. The molecule has 1 saturated heterocycles. The first kappa shape index (κ1) is 16.5. The summed E-state index contributed by atoms with van der Waals surface area (Å²) in [6.45, 7) is 0.629. The Kier molecular flexibility index (Phi) is 5.13. The molecule has 2 atom stereocenters. The molecule has 0 unspecified atom stereocenters. The predicted molar refractivity (Wildman–Crippen MR) is 93.1 cm³/mol. The SMILES string of the molecule is CN(C(=O)Nc1ccccc1Cc1ccccc1)[C@@H]1COC[C@H]1O. The fraction of sp³-hybridized carbons (Fsp3) is 0.316. The monoisotopic (exact) mass is 326 g/mol. The van der Waals surface area contributed by atoms with Gasteiger partial charge in [-0.05, 0) is 23.6 Å². The van der Waals surface area contributed by atoms with Crippen molar-refractivity contribution >= 4 is 11.7 Å². The molecule has 2 amide bonds. The van der Waals surface area contributed by atoms with Crippen molar-refractivity contribution in [2.75, 3.05) is 25.6 Å². The van der Waals surface area contributed by atoms with Crippen LogP contribution in [0.15, 0.2) is 54.6 Å². The second-order valence-electron chi connectivity index (χ2n) is 6.03. The van der Waals surface area contributed by atoms with Crippen molar-refractivity contribution in [3.63, 3.8) is 0 Å². The number of carbonyl (C=O) groups is 1. The molecule has 0 aliphatic carbocycles. The lowest BCUT2D eigenvalue weighted by molar-refractivity contribution is 0.106. The highest BCUT2D eigenvalue weighted by Gasteiger charge is 2.32. The van der Waals surface area contributed by atoms with Gasteiger partial charge in [-0.1, -0.05) is 48.5 Å². The van der Waals surface area contributed by atoms with E-state index in [1.807, 2.05) is 42.5 Å². The fourth-order valence-electron chi connectivity index (χ4n) is 2.87. The Balaban J connectivity index is 1.72. The summed E-state index contributed by atoms with van der Waals surface area (Å²) in [5.41, 5.74) is 3.02. The van der Waals surface area contributed by atoms with Crippen LogP contribution in [0.4, 0.5) is 10.5 Å². The molecule has 24 heavy (non-hydrogen) atoms. The van der Waals surface area contributed by atoms with Crippen LogP contribution >= 0.6 is 0 Å². The van der Waals surface area contributed by atoms with Crippen molar-refractivity contribution in [1.82, 2.24) is 4.90 Å². The highest BCUT2D eigenvalue weighted by atomic mass is 16.5. The first-order valence-electron chi connectivity index (χ1n) is 8.06. The second-order valence-corrected chi connectivity index (χ2v) is 6.03. The number of benzene rings is 2. The van der Waals surface area contributed by atoms with Gasteiger partial charge in [0, 0.05) is 12.7 Å². The third kappa shape index (κ3) is 3.75. The first-order valence-corrected chi connectivity index (χ1v) is 8.06. The molecule has 2 N–H and O–H groups in total. The number of carbonyl (C=O) groups excluding carboxylic acids is 1. The molecule has 1 aliphatic heterocycles. The number of rotatable bonds is 4. The summed E-state index contributed by atoms with van der Waals surface area (Å²) in [5.74, 6) is 0. The fourth-order valence-corrected chi connectivity index (χ4v) is 2.87. The normalized spacial score (nSPS) is 19.9. The van der Waals surface area contributed by atoms with Gasteiger partial charge in [-0.15, -0.1) is 0 Å². The first-order chi connectivity index (χ1) is 11.6. The minimum absolute atomic E-state index is 0.245. The summed E-state index contributed by atoms with van der Waals surface area (Å²) < 4.78 is 5.22. The van der Waals surface area contributed by atoms with E-state index in [-0.39, 0.29) is 18.7 Å². The Bertz CT molecular complexity index is 690. The maximum Gasteiger partial charge on any atom is 0.322 e. The highest BCUT2D eigenvalue weighted by Crippen LogP contribution is 2.20. The number of aliphatic hydroxyl groups excluding tert-OH is 1. The number of hydrogen-bond donors (Lipinski definition) is 2. The molecule has 1 fully saturated rings. The van der Waals surface area contributed by atoms with E-state index in [0.29, 0.717) is 6.61 Å². The van der Waals surface area contributed by atoms with Crippen LogP contribution in [0.2, 0.25) is 0 Å². The van der Waals surface area contributed by atoms with Gasteiger partial charge in [0.25, 0.3) is 0 Å². The van der Waals surface area contributed by atoms with E-state index >= 15 is 0 Å². The van der Waals surface area contributed by atoms with Gasteiger partial charge >= 0.3 is 6.03 Å². The number of aliphatic hydroxyl groups is 1. The molecule has 5 nitrogen and oxygen atoms in total. The molecule has 0 radical (unpaired) electrons. The molecule has 0 bridgehead atoms. The third-order valence-electron chi connectivity index (χ3n) is 4.34. The van der Waals surface area contributed by atoms with Crippen molar-refractivity contribution in [2.24, 2.45) is 0 Å². The third-order valence-corrected chi connectivity index (χ3v) is 4.34. The van der Waals surface area contributed by atoms with Crippen LogP contribution in [0.3, 0.4) is 0 Å². The molecular weight excluding hydrogens is 304 g/mol. The van der Waals surface area contributed by atoms with E-state index in [9.17, 15) is 9.90 Å². The van der Waals surface area contributed by atoms with Gasteiger partial charge in [0.2, 0.25) is 0 Å². The Hall–Kier alpha value is -2.37. The van der Waals surface area contributed by atoms with Crippen LogP contribution in [-0.2, 0) is 11.2 Å². The number of nitrogens with one attached hydrogen (secondary N) is 1. The number of para-hydroxylation sites is 1.